The van der Waals surface area contributed by atoms with Gasteiger partial charge in [0.25, 0.3) is 0 Å². The molecule has 0 aliphatic heterocycles. The quantitative estimate of drug-likeness (QED) is 0.751. The van der Waals surface area contributed by atoms with Crippen LogP contribution in [0, 0.1) is 13.8 Å². The van der Waals surface area contributed by atoms with E-state index < -0.39 is 0 Å². The molecule has 0 saturated heterocycles. The Kier molecular flexibility index (Phi) is 4.70. The number of hydrogen-bond donors (Lipinski definition) is 1. The Labute approximate surface area is 142 Å². The minimum absolute atomic E-state index is 0.0266. The SMILES string of the molecule is Cc1cc2occ(CC(=O)NCC(C)c3ccccc3)c2cc1C. The van der Waals surface area contributed by atoms with Gasteiger partial charge >= 0.3 is 0 Å². The number of nitrogens with one attached hydrogen (secondary N) is 1. The van der Waals surface area contributed by atoms with Gasteiger partial charge in [-0.25, -0.2) is 0 Å². The van der Waals surface area contributed by atoms with Crippen molar-refractivity contribution in [1.82, 2.24) is 5.32 Å². The number of benzene rings is 2. The second kappa shape index (κ2) is 6.91. The molecule has 0 aliphatic carbocycles. The molecule has 0 fully saturated rings. The summed E-state index contributed by atoms with van der Waals surface area (Å²) < 4.78 is 5.60. The molecule has 124 valence electrons. The molecule has 3 nitrogen and oxygen atoms in total. The van der Waals surface area contributed by atoms with E-state index in [2.05, 4.69) is 44.3 Å². The average Bonchev–Trinajstić information content (AvgIpc) is 2.95. The number of carbonyl (C=O) groups is 1. The highest BCUT2D eigenvalue weighted by atomic mass is 16.3. The lowest BCUT2D eigenvalue weighted by molar-refractivity contribution is -0.120. The summed E-state index contributed by atoms with van der Waals surface area (Å²) in [4.78, 5) is 12.3. The molecule has 24 heavy (non-hydrogen) atoms. The van der Waals surface area contributed by atoms with E-state index in [0.717, 1.165) is 16.5 Å². The second-order valence-electron chi connectivity index (χ2n) is 6.49. The Bertz CT molecular complexity index is 849. The van der Waals surface area contributed by atoms with Crippen LogP contribution in [0.2, 0.25) is 0 Å². The van der Waals surface area contributed by atoms with Crippen LogP contribution in [0.3, 0.4) is 0 Å². The van der Waals surface area contributed by atoms with Gasteiger partial charge in [-0.05, 0) is 48.6 Å². The van der Waals surface area contributed by atoms with Gasteiger partial charge in [0, 0.05) is 17.5 Å². The highest BCUT2D eigenvalue weighted by Crippen LogP contribution is 2.25. The topological polar surface area (TPSA) is 42.2 Å². The van der Waals surface area contributed by atoms with Crippen LogP contribution in [0.25, 0.3) is 11.0 Å². The summed E-state index contributed by atoms with van der Waals surface area (Å²) in [5.74, 6) is 0.319. The Morgan fingerprint density at radius 1 is 1.12 bits per heavy atom. The number of fused-ring (bicyclic) bond motifs is 1. The van der Waals surface area contributed by atoms with Crippen molar-refractivity contribution in [3.8, 4) is 0 Å². The van der Waals surface area contributed by atoms with Gasteiger partial charge in [0.2, 0.25) is 5.91 Å². The van der Waals surface area contributed by atoms with Gasteiger partial charge < -0.3 is 9.73 Å². The fourth-order valence-corrected chi connectivity index (χ4v) is 2.87. The van der Waals surface area contributed by atoms with Crippen LogP contribution in [0.15, 0.2) is 53.1 Å². The minimum Gasteiger partial charge on any atom is -0.464 e. The van der Waals surface area contributed by atoms with Crippen LogP contribution in [0.5, 0.6) is 0 Å². The first-order chi connectivity index (χ1) is 11.5. The Hall–Kier alpha value is -2.55. The van der Waals surface area contributed by atoms with Crippen molar-refractivity contribution in [2.45, 2.75) is 33.1 Å². The highest BCUT2D eigenvalue weighted by molar-refractivity contribution is 5.88. The molecule has 1 amide bonds. The molecule has 0 aliphatic rings. The molecule has 2 aromatic carbocycles. The molecule has 3 heteroatoms. The van der Waals surface area contributed by atoms with E-state index >= 15 is 0 Å². The maximum absolute atomic E-state index is 12.3. The summed E-state index contributed by atoms with van der Waals surface area (Å²) in [6.07, 6.45) is 2.04. The molecule has 0 saturated carbocycles. The van der Waals surface area contributed by atoms with Gasteiger partial charge in [0.15, 0.2) is 0 Å². The third-order valence-electron chi connectivity index (χ3n) is 4.60. The van der Waals surface area contributed by atoms with Crippen LogP contribution in [0.4, 0.5) is 0 Å². The van der Waals surface area contributed by atoms with Crippen molar-refractivity contribution >= 4 is 16.9 Å². The zero-order valence-corrected chi connectivity index (χ0v) is 14.4. The summed E-state index contributed by atoms with van der Waals surface area (Å²) in [5, 5.41) is 4.06. The lowest BCUT2D eigenvalue weighted by Gasteiger charge is -2.12. The predicted molar refractivity (Wildman–Crippen MR) is 97.3 cm³/mol. The third-order valence-corrected chi connectivity index (χ3v) is 4.60. The molecule has 1 N–H and O–H groups in total. The summed E-state index contributed by atoms with van der Waals surface area (Å²) in [5.41, 5.74) is 5.43. The molecule has 3 aromatic rings. The first-order valence-electron chi connectivity index (χ1n) is 8.33. The summed E-state index contributed by atoms with van der Waals surface area (Å²) in [6.45, 7) is 6.90. The standard InChI is InChI=1S/C21H23NO2/c1-14-9-19-18(13-24-20(19)10-15(14)2)11-21(23)22-12-16(3)17-7-5-4-6-8-17/h4-10,13,16H,11-12H2,1-3H3,(H,22,23). The van der Waals surface area contributed by atoms with E-state index in [1.165, 1.54) is 16.7 Å². The van der Waals surface area contributed by atoms with Crippen molar-refractivity contribution in [2.75, 3.05) is 6.54 Å². The van der Waals surface area contributed by atoms with E-state index in [-0.39, 0.29) is 5.91 Å². The van der Waals surface area contributed by atoms with Crippen molar-refractivity contribution in [3.63, 3.8) is 0 Å². The van der Waals surface area contributed by atoms with Gasteiger partial charge in [0.1, 0.15) is 5.58 Å². The molecular weight excluding hydrogens is 298 g/mol. The lowest BCUT2D eigenvalue weighted by atomic mass is 10.0. The average molecular weight is 321 g/mol. The lowest BCUT2D eigenvalue weighted by Crippen LogP contribution is -2.28. The van der Waals surface area contributed by atoms with Crippen LogP contribution >= 0.6 is 0 Å². The normalized spacial score (nSPS) is 12.3. The van der Waals surface area contributed by atoms with E-state index in [0.29, 0.717) is 18.9 Å². The monoisotopic (exact) mass is 321 g/mol. The molecule has 0 radical (unpaired) electrons. The molecule has 0 bridgehead atoms. The number of carbonyl (C=O) groups excluding carboxylic acids is 1. The van der Waals surface area contributed by atoms with Gasteiger partial charge in [0.05, 0.1) is 12.7 Å². The predicted octanol–water partition coefficient (Wildman–Crippen LogP) is 4.51. The molecule has 1 unspecified atom stereocenters. The summed E-state index contributed by atoms with van der Waals surface area (Å²) in [6, 6.07) is 14.4. The number of hydrogen-bond acceptors (Lipinski definition) is 2. The summed E-state index contributed by atoms with van der Waals surface area (Å²) >= 11 is 0. The van der Waals surface area contributed by atoms with Gasteiger partial charge in [-0.1, -0.05) is 37.3 Å². The summed E-state index contributed by atoms with van der Waals surface area (Å²) in [7, 11) is 0. The Morgan fingerprint density at radius 3 is 2.58 bits per heavy atom. The number of amides is 1. The smallest absolute Gasteiger partial charge is 0.224 e. The van der Waals surface area contributed by atoms with Crippen LogP contribution in [-0.2, 0) is 11.2 Å². The fourth-order valence-electron chi connectivity index (χ4n) is 2.87. The molecule has 0 spiro atoms. The molecule has 3 rings (SSSR count). The Balaban J connectivity index is 1.64. The molecule has 1 aromatic heterocycles. The second-order valence-corrected chi connectivity index (χ2v) is 6.49. The van der Waals surface area contributed by atoms with Crippen molar-refractivity contribution in [1.29, 1.82) is 0 Å². The first kappa shape index (κ1) is 16.3. The third kappa shape index (κ3) is 3.51. The number of rotatable bonds is 5. The Morgan fingerprint density at radius 2 is 1.83 bits per heavy atom. The highest BCUT2D eigenvalue weighted by Gasteiger charge is 2.13. The maximum atomic E-state index is 12.3. The molecule has 1 atom stereocenters. The zero-order chi connectivity index (χ0) is 17.1. The van der Waals surface area contributed by atoms with E-state index in [9.17, 15) is 4.79 Å². The van der Waals surface area contributed by atoms with Crippen LogP contribution < -0.4 is 5.32 Å². The van der Waals surface area contributed by atoms with Crippen LogP contribution in [0.1, 0.15) is 35.1 Å². The first-order valence-corrected chi connectivity index (χ1v) is 8.33. The van der Waals surface area contributed by atoms with Crippen molar-refractivity contribution in [2.24, 2.45) is 0 Å². The van der Waals surface area contributed by atoms with E-state index in [1.807, 2.05) is 24.3 Å². The number of aryl methyl sites for hydroxylation is 2. The largest absolute Gasteiger partial charge is 0.464 e. The van der Waals surface area contributed by atoms with E-state index in [4.69, 9.17) is 4.42 Å². The minimum atomic E-state index is 0.0266. The molecule has 1 heterocycles. The van der Waals surface area contributed by atoms with Crippen LogP contribution in [-0.4, -0.2) is 12.5 Å². The van der Waals surface area contributed by atoms with Gasteiger partial charge in [-0.3, -0.25) is 4.79 Å². The van der Waals surface area contributed by atoms with Crippen molar-refractivity contribution in [3.05, 3.63) is 71.0 Å². The molecular formula is C21H23NO2. The fraction of sp³-hybridized carbons (Fsp3) is 0.286. The van der Waals surface area contributed by atoms with E-state index in [1.54, 1.807) is 6.26 Å². The maximum Gasteiger partial charge on any atom is 0.224 e. The number of furan rings is 1. The van der Waals surface area contributed by atoms with Crippen molar-refractivity contribution < 1.29 is 9.21 Å². The van der Waals surface area contributed by atoms with Gasteiger partial charge in [-0.2, -0.15) is 0 Å². The zero-order valence-electron chi connectivity index (χ0n) is 14.4. The van der Waals surface area contributed by atoms with Gasteiger partial charge in [-0.15, -0.1) is 0 Å².